The predicted molar refractivity (Wildman–Crippen MR) is 27.3 cm³/mol. The molecule has 1 aliphatic rings. The van der Waals surface area contributed by atoms with Crippen molar-refractivity contribution < 1.29 is 26.3 Å². The van der Waals surface area contributed by atoms with Gasteiger partial charge in [-0.15, -0.1) is 0 Å². The second kappa shape index (κ2) is 2.21. The Labute approximate surface area is 61.9 Å². The van der Waals surface area contributed by atoms with Gasteiger partial charge in [-0.1, -0.05) is 11.8 Å². The third kappa shape index (κ3) is 1.00. The molecule has 0 aromatic carbocycles. The third-order valence-corrected chi connectivity index (χ3v) is 2.32. The molecule has 0 amide bonds. The first-order valence-corrected chi connectivity index (χ1v) is 3.43. The fraction of sp³-hybridized carbons (Fsp3) is 1.00. The topological polar surface area (TPSA) is 0 Å². The normalized spacial score (nSPS) is 40.9. The highest BCUT2D eigenvalue weighted by Gasteiger charge is 2.73. The molecule has 0 saturated carbocycles. The Kier molecular flexibility index (Phi) is 1.81. The maximum Gasteiger partial charge on any atom is 0.353 e. The zero-order valence-electron chi connectivity index (χ0n) is 4.83. The molecule has 66 valence electrons. The van der Waals surface area contributed by atoms with E-state index >= 15 is 0 Å². The largest absolute Gasteiger partial charge is 0.353 e. The molecule has 1 rings (SSSR count). The summed E-state index contributed by atoms with van der Waals surface area (Å²) in [5, 5.41) is 0. The van der Waals surface area contributed by atoms with Crippen molar-refractivity contribution in [1.29, 1.82) is 0 Å². The molecule has 1 aliphatic heterocycles. The second-order valence-corrected chi connectivity index (χ2v) is 3.11. The van der Waals surface area contributed by atoms with E-state index in [0.717, 1.165) is 0 Å². The zero-order valence-corrected chi connectivity index (χ0v) is 5.65. The van der Waals surface area contributed by atoms with Crippen molar-refractivity contribution in [3.05, 3.63) is 0 Å². The summed E-state index contributed by atoms with van der Waals surface area (Å²) < 4.78 is 71.8. The van der Waals surface area contributed by atoms with Crippen LogP contribution in [0.3, 0.4) is 0 Å². The van der Waals surface area contributed by atoms with Gasteiger partial charge in [-0.2, -0.15) is 17.6 Å². The van der Waals surface area contributed by atoms with Crippen molar-refractivity contribution in [3.63, 3.8) is 0 Å². The van der Waals surface area contributed by atoms with Crippen LogP contribution < -0.4 is 0 Å². The highest BCUT2D eigenvalue weighted by Crippen LogP contribution is 2.55. The van der Waals surface area contributed by atoms with Gasteiger partial charge in [0.25, 0.3) is 0 Å². The minimum absolute atomic E-state index is 0.699. The molecule has 0 unspecified atom stereocenters. The standard InChI is InChI=1S/C4H2F6S/c5-1-3(7,8)4(9,10)2(6)11-1/h1-2H/t1-,2+. The van der Waals surface area contributed by atoms with E-state index < -0.39 is 34.6 Å². The van der Waals surface area contributed by atoms with Crippen LogP contribution in [0.5, 0.6) is 0 Å². The Morgan fingerprint density at radius 1 is 0.818 bits per heavy atom. The van der Waals surface area contributed by atoms with Crippen LogP contribution in [0, 0.1) is 0 Å². The molecule has 2 atom stereocenters. The first-order chi connectivity index (χ1) is 4.80. The van der Waals surface area contributed by atoms with Crippen molar-refractivity contribution in [2.24, 2.45) is 0 Å². The van der Waals surface area contributed by atoms with Gasteiger partial charge < -0.3 is 0 Å². The van der Waals surface area contributed by atoms with Crippen LogP contribution in [0.4, 0.5) is 26.3 Å². The van der Waals surface area contributed by atoms with Crippen LogP contribution in [0.15, 0.2) is 0 Å². The highest BCUT2D eigenvalue weighted by molar-refractivity contribution is 8.00. The smallest absolute Gasteiger partial charge is 0.228 e. The molecule has 0 bridgehead atoms. The van der Waals surface area contributed by atoms with Crippen LogP contribution in [-0.2, 0) is 0 Å². The van der Waals surface area contributed by atoms with E-state index in [9.17, 15) is 26.3 Å². The molecule has 0 aliphatic carbocycles. The van der Waals surface area contributed by atoms with E-state index in [-0.39, 0.29) is 0 Å². The summed E-state index contributed by atoms with van der Waals surface area (Å²) in [6.45, 7) is 0. The Hall–Kier alpha value is -0.0700. The first kappa shape index (κ1) is 9.02. The molecule has 0 aromatic heterocycles. The predicted octanol–water partition coefficient (Wildman–Crippen LogP) is 2.59. The Morgan fingerprint density at radius 2 is 1.09 bits per heavy atom. The van der Waals surface area contributed by atoms with Gasteiger partial charge in [-0.25, -0.2) is 8.78 Å². The lowest BCUT2D eigenvalue weighted by Crippen LogP contribution is -2.44. The van der Waals surface area contributed by atoms with Crippen molar-refractivity contribution >= 4 is 11.8 Å². The number of rotatable bonds is 0. The molecule has 1 saturated heterocycles. The Morgan fingerprint density at radius 3 is 1.18 bits per heavy atom. The monoisotopic (exact) mass is 196 g/mol. The first-order valence-electron chi connectivity index (χ1n) is 2.49. The van der Waals surface area contributed by atoms with Crippen LogP contribution in [0.2, 0.25) is 0 Å². The number of hydrogen-bond acceptors (Lipinski definition) is 1. The van der Waals surface area contributed by atoms with Crippen molar-refractivity contribution in [3.8, 4) is 0 Å². The molecule has 1 fully saturated rings. The van der Waals surface area contributed by atoms with Crippen molar-refractivity contribution in [2.45, 2.75) is 22.9 Å². The average molecular weight is 196 g/mol. The van der Waals surface area contributed by atoms with Gasteiger partial charge in [0, 0.05) is 0 Å². The lowest BCUT2D eigenvalue weighted by molar-refractivity contribution is -0.223. The molecule has 0 aromatic rings. The molecule has 0 spiro atoms. The zero-order chi connectivity index (χ0) is 8.86. The Balaban J connectivity index is 2.95. The van der Waals surface area contributed by atoms with E-state index in [4.69, 9.17) is 0 Å². The van der Waals surface area contributed by atoms with Gasteiger partial charge in [0.15, 0.2) is 0 Å². The van der Waals surface area contributed by atoms with Crippen molar-refractivity contribution in [2.75, 3.05) is 0 Å². The lowest BCUT2D eigenvalue weighted by atomic mass is 10.2. The van der Waals surface area contributed by atoms with Crippen LogP contribution in [0.1, 0.15) is 0 Å². The van der Waals surface area contributed by atoms with Gasteiger partial charge in [-0.05, 0) is 0 Å². The van der Waals surface area contributed by atoms with Crippen LogP contribution in [-0.4, -0.2) is 22.9 Å². The molecule has 11 heavy (non-hydrogen) atoms. The Bertz CT molecular complexity index is 150. The number of alkyl halides is 6. The molecule has 7 heteroatoms. The van der Waals surface area contributed by atoms with Gasteiger partial charge in [0.2, 0.25) is 11.0 Å². The highest BCUT2D eigenvalue weighted by atomic mass is 32.2. The van der Waals surface area contributed by atoms with Crippen LogP contribution >= 0.6 is 11.8 Å². The summed E-state index contributed by atoms with van der Waals surface area (Å²) in [4.78, 5) is 0. The fourth-order valence-electron chi connectivity index (χ4n) is 0.578. The van der Waals surface area contributed by atoms with Gasteiger partial charge >= 0.3 is 11.8 Å². The number of hydrogen-bond donors (Lipinski definition) is 0. The second-order valence-electron chi connectivity index (χ2n) is 2.01. The van der Waals surface area contributed by atoms with Gasteiger partial charge in [0.1, 0.15) is 0 Å². The van der Waals surface area contributed by atoms with E-state index in [2.05, 4.69) is 0 Å². The lowest BCUT2D eigenvalue weighted by Gasteiger charge is -2.18. The van der Waals surface area contributed by atoms with E-state index in [1.165, 1.54) is 0 Å². The minimum atomic E-state index is -4.89. The summed E-state index contributed by atoms with van der Waals surface area (Å²) in [6, 6.07) is 0. The molecule has 0 radical (unpaired) electrons. The number of halogens is 6. The van der Waals surface area contributed by atoms with E-state index in [1.54, 1.807) is 0 Å². The molecular weight excluding hydrogens is 194 g/mol. The van der Waals surface area contributed by atoms with E-state index in [1.807, 2.05) is 0 Å². The van der Waals surface area contributed by atoms with Gasteiger partial charge in [-0.3, -0.25) is 0 Å². The maximum atomic E-state index is 12.0. The fourth-order valence-corrected chi connectivity index (χ4v) is 1.44. The molecule has 0 N–H and O–H groups in total. The minimum Gasteiger partial charge on any atom is -0.228 e. The third-order valence-electron chi connectivity index (χ3n) is 1.25. The molecular formula is C4H2F6S. The summed E-state index contributed by atoms with van der Waals surface area (Å²) in [5.74, 6) is -9.78. The van der Waals surface area contributed by atoms with Gasteiger partial charge in [0.05, 0.1) is 0 Å². The van der Waals surface area contributed by atoms with Crippen LogP contribution in [0.25, 0.3) is 0 Å². The van der Waals surface area contributed by atoms with E-state index in [0.29, 0.717) is 0 Å². The quantitative estimate of drug-likeness (QED) is 0.536. The number of thioether (sulfide) groups is 1. The summed E-state index contributed by atoms with van der Waals surface area (Å²) in [7, 11) is 0. The SMILES string of the molecule is F[C@@H]1S[C@H](F)C(F)(F)C1(F)F. The molecule has 1 heterocycles. The summed E-state index contributed by atoms with van der Waals surface area (Å²) >= 11 is -0.699. The maximum absolute atomic E-state index is 12.0. The summed E-state index contributed by atoms with van der Waals surface area (Å²) in [6.07, 6.45) is 0. The summed E-state index contributed by atoms with van der Waals surface area (Å²) in [5.41, 5.74) is -6.32. The van der Waals surface area contributed by atoms with Crippen molar-refractivity contribution in [1.82, 2.24) is 0 Å². The molecule has 0 nitrogen and oxygen atoms in total. The average Bonchev–Trinajstić information content (AvgIpc) is 1.95.